The predicted molar refractivity (Wildman–Crippen MR) is 87.8 cm³/mol. The molecule has 1 aromatic heterocycles. The quantitative estimate of drug-likeness (QED) is 0.933. The van der Waals surface area contributed by atoms with Gasteiger partial charge in [-0.2, -0.15) is 4.80 Å². The van der Waals surface area contributed by atoms with Gasteiger partial charge < -0.3 is 5.32 Å². The van der Waals surface area contributed by atoms with Crippen LogP contribution < -0.4 is 5.32 Å². The second kappa shape index (κ2) is 7.08. The van der Waals surface area contributed by atoms with Gasteiger partial charge in [-0.05, 0) is 36.1 Å². The lowest BCUT2D eigenvalue weighted by Crippen LogP contribution is -2.42. The predicted octanol–water partition coefficient (Wildman–Crippen LogP) is 2.69. The minimum atomic E-state index is -0.0770. The lowest BCUT2D eigenvalue weighted by molar-refractivity contribution is -0.123. The highest BCUT2D eigenvalue weighted by Crippen LogP contribution is 2.24. The summed E-state index contributed by atoms with van der Waals surface area (Å²) in [4.78, 5) is 13.5. The topological polar surface area (TPSA) is 72.7 Å². The summed E-state index contributed by atoms with van der Waals surface area (Å²) in [5, 5.41) is 15.8. The van der Waals surface area contributed by atoms with Crippen molar-refractivity contribution in [2.45, 2.75) is 45.2 Å². The lowest BCUT2D eigenvalue weighted by Gasteiger charge is -2.29. The first kappa shape index (κ1) is 15.9. The van der Waals surface area contributed by atoms with E-state index in [1.807, 2.05) is 18.2 Å². The van der Waals surface area contributed by atoms with Crippen molar-refractivity contribution in [3.8, 4) is 11.4 Å². The second-order valence-electron chi connectivity index (χ2n) is 6.06. The molecule has 2 aromatic rings. The number of nitrogens with zero attached hydrogens (tertiary/aromatic N) is 4. The molecule has 7 heteroatoms. The first-order valence-corrected chi connectivity index (χ1v) is 8.33. The maximum atomic E-state index is 12.2. The maximum Gasteiger partial charge on any atom is 0.243 e. The fraction of sp³-hybridized carbons (Fsp3) is 0.500. The molecule has 1 aromatic carbocycles. The van der Waals surface area contributed by atoms with Crippen LogP contribution in [0.5, 0.6) is 0 Å². The van der Waals surface area contributed by atoms with Gasteiger partial charge in [-0.3, -0.25) is 4.79 Å². The minimum Gasteiger partial charge on any atom is -0.351 e. The molecule has 0 bridgehead atoms. The van der Waals surface area contributed by atoms with Crippen LogP contribution in [-0.4, -0.2) is 32.2 Å². The number of carbonyl (C=O) groups is 1. The van der Waals surface area contributed by atoms with Crippen LogP contribution >= 0.6 is 11.6 Å². The van der Waals surface area contributed by atoms with Crippen molar-refractivity contribution in [1.29, 1.82) is 0 Å². The van der Waals surface area contributed by atoms with Crippen LogP contribution in [0.15, 0.2) is 24.3 Å². The number of benzene rings is 1. The van der Waals surface area contributed by atoms with E-state index in [9.17, 15) is 4.79 Å². The van der Waals surface area contributed by atoms with Crippen molar-refractivity contribution in [2.24, 2.45) is 5.92 Å². The molecule has 1 heterocycles. The molecule has 122 valence electrons. The molecule has 0 aliphatic heterocycles. The molecule has 1 aliphatic carbocycles. The Morgan fingerprint density at radius 3 is 2.91 bits per heavy atom. The summed E-state index contributed by atoms with van der Waals surface area (Å²) in [6.45, 7) is 2.26. The number of rotatable bonds is 4. The third-order valence-electron chi connectivity index (χ3n) is 4.31. The molecule has 0 radical (unpaired) electrons. The maximum absolute atomic E-state index is 12.2. The molecule has 1 fully saturated rings. The molecule has 3 rings (SSSR count). The van der Waals surface area contributed by atoms with Gasteiger partial charge in [0.25, 0.3) is 0 Å². The Labute approximate surface area is 140 Å². The van der Waals surface area contributed by atoms with Crippen molar-refractivity contribution in [3.63, 3.8) is 0 Å². The smallest absolute Gasteiger partial charge is 0.243 e. The van der Waals surface area contributed by atoms with Gasteiger partial charge in [-0.1, -0.05) is 43.5 Å². The summed E-state index contributed by atoms with van der Waals surface area (Å²) >= 11 is 6.12. The minimum absolute atomic E-state index is 0.0701. The van der Waals surface area contributed by atoms with Crippen LogP contribution in [0.3, 0.4) is 0 Å². The Bertz CT molecular complexity index is 687. The average Bonchev–Trinajstić information content (AvgIpc) is 2.98. The molecule has 23 heavy (non-hydrogen) atoms. The SMILES string of the molecule is C[C@H]1CCCC[C@@H]1NC(=O)Cn1nnc(-c2ccccc2Cl)n1. The van der Waals surface area contributed by atoms with E-state index in [2.05, 4.69) is 27.7 Å². The Hall–Kier alpha value is -1.95. The standard InChI is InChI=1S/C16H20ClN5O/c1-11-6-2-5-9-14(11)18-15(23)10-22-20-16(19-21-22)12-7-3-4-8-13(12)17/h3-4,7-8,11,14H,2,5-6,9-10H2,1H3,(H,18,23)/t11-,14-/m0/s1. The van der Waals surface area contributed by atoms with Crippen molar-refractivity contribution in [2.75, 3.05) is 0 Å². The molecule has 1 saturated carbocycles. The van der Waals surface area contributed by atoms with Crippen molar-refractivity contribution < 1.29 is 4.79 Å². The van der Waals surface area contributed by atoms with Crippen LogP contribution in [-0.2, 0) is 11.3 Å². The van der Waals surface area contributed by atoms with E-state index < -0.39 is 0 Å². The summed E-state index contributed by atoms with van der Waals surface area (Å²) in [6.07, 6.45) is 4.64. The van der Waals surface area contributed by atoms with Crippen LogP contribution in [0, 0.1) is 5.92 Å². The molecule has 6 nitrogen and oxygen atoms in total. The van der Waals surface area contributed by atoms with Gasteiger partial charge in [-0.15, -0.1) is 10.2 Å². The van der Waals surface area contributed by atoms with Crippen LogP contribution in [0.25, 0.3) is 11.4 Å². The van der Waals surface area contributed by atoms with E-state index in [0.29, 0.717) is 22.3 Å². The first-order valence-electron chi connectivity index (χ1n) is 7.95. The van der Waals surface area contributed by atoms with E-state index in [1.54, 1.807) is 6.07 Å². The zero-order valence-electron chi connectivity index (χ0n) is 13.1. The highest BCUT2D eigenvalue weighted by molar-refractivity contribution is 6.33. The highest BCUT2D eigenvalue weighted by Gasteiger charge is 2.23. The number of hydrogen-bond acceptors (Lipinski definition) is 4. The van der Waals surface area contributed by atoms with Gasteiger partial charge in [0, 0.05) is 11.6 Å². The number of nitrogens with one attached hydrogen (secondary N) is 1. The molecule has 2 atom stereocenters. The molecule has 0 unspecified atom stereocenters. The summed E-state index contributed by atoms with van der Waals surface area (Å²) in [7, 11) is 0. The molecule has 1 N–H and O–H groups in total. The number of tetrazole rings is 1. The van der Waals surface area contributed by atoms with Gasteiger partial charge in [0.05, 0.1) is 5.02 Å². The summed E-state index contributed by atoms with van der Waals surface area (Å²) in [5.74, 6) is 0.872. The Morgan fingerprint density at radius 1 is 1.35 bits per heavy atom. The molecular weight excluding hydrogens is 314 g/mol. The highest BCUT2D eigenvalue weighted by atomic mass is 35.5. The van der Waals surface area contributed by atoms with E-state index >= 15 is 0 Å². The van der Waals surface area contributed by atoms with E-state index in [4.69, 9.17) is 11.6 Å². The van der Waals surface area contributed by atoms with Gasteiger partial charge in [0.1, 0.15) is 6.54 Å². The van der Waals surface area contributed by atoms with Crippen molar-refractivity contribution >= 4 is 17.5 Å². The van der Waals surface area contributed by atoms with E-state index in [-0.39, 0.29) is 18.5 Å². The summed E-state index contributed by atoms with van der Waals surface area (Å²) in [6, 6.07) is 7.55. The largest absolute Gasteiger partial charge is 0.351 e. The van der Waals surface area contributed by atoms with Crippen molar-refractivity contribution in [1.82, 2.24) is 25.5 Å². The number of amides is 1. The fourth-order valence-electron chi connectivity index (χ4n) is 2.97. The van der Waals surface area contributed by atoms with Gasteiger partial charge in [0.15, 0.2) is 0 Å². The molecule has 1 aliphatic rings. The van der Waals surface area contributed by atoms with Gasteiger partial charge in [0.2, 0.25) is 11.7 Å². The van der Waals surface area contributed by atoms with Crippen LogP contribution in [0.1, 0.15) is 32.6 Å². The fourth-order valence-corrected chi connectivity index (χ4v) is 3.19. The van der Waals surface area contributed by atoms with E-state index in [1.165, 1.54) is 24.1 Å². The monoisotopic (exact) mass is 333 g/mol. The van der Waals surface area contributed by atoms with Crippen LogP contribution in [0.2, 0.25) is 5.02 Å². The van der Waals surface area contributed by atoms with Crippen molar-refractivity contribution in [3.05, 3.63) is 29.3 Å². The average molecular weight is 334 g/mol. The molecule has 0 spiro atoms. The lowest BCUT2D eigenvalue weighted by atomic mass is 9.86. The number of carbonyl (C=O) groups excluding carboxylic acids is 1. The Balaban J connectivity index is 1.62. The van der Waals surface area contributed by atoms with Gasteiger partial charge >= 0.3 is 0 Å². The first-order chi connectivity index (χ1) is 11.1. The third kappa shape index (κ3) is 3.88. The zero-order valence-corrected chi connectivity index (χ0v) is 13.8. The number of aromatic nitrogens is 4. The van der Waals surface area contributed by atoms with E-state index in [0.717, 1.165) is 6.42 Å². The van der Waals surface area contributed by atoms with Crippen LogP contribution in [0.4, 0.5) is 0 Å². The third-order valence-corrected chi connectivity index (χ3v) is 4.64. The molecule has 1 amide bonds. The normalized spacial score (nSPS) is 21.1. The summed E-state index contributed by atoms with van der Waals surface area (Å²) in [5.41, 5.74) is 0.710. The molecular formula is C16H20ClN5O. The number of hydrogen-bond donors (Lipinski definition) is 1. The zero-order chi connectivity index (χ0) is 16.2. The second-order valence-corrected chi connectivity index (χ2v) is 6.47. The summed E-state index contributed by atoms with van der Waals surface area (Å²) < 4.78 is 0. The molecule has 0 saturated heterocycles. The Kier molecular flexibility index (Phi) is 4.91. The Morgan fingerprint density at radius 2 is 2.13 bits per heavy atom. The van der Waals surface area contributed by atoms with Gasteiger partial charge in [-0.25, -0.2) is 0 Å². The number of halogens is 1.